The fourth-order valence-corrected chi connectivity index (χ4v) is 9.39. The van der Waals surface area contributed by atoms with Crippen LogP contribution in [0.3, 0.4) is 0 Å². The van der Waals surface area contributed by atoms with Crippen molar-refractivity contribution in [2.24, 2.45) is 0 Å². The summed E-state index contributed by atoms with van der Waals surface area (Å²) in [5.74, 6) is -1.46. The van der Waals surface area contributed by atoms with Gasteiger partial charge in [-0.25, -0.2) is 31.1 Å². The fraction of sp³-hybridized carbons (Fsp3) is 0.310. The number of pyridine rings is 2. The molecule has 21 heteroatoms. The van der Waals surface area contributed by atoms with Crippen LogP contribution in [0.2, 0.25) is 0 Å². The molecule has 13 nitrogen and oxygen atoms in total. The smallest absolute Gasteiger partial charge is 0.348 e. The number of amides is 3. The third-order valence-corrected chi connectivity index (χ3v) is 13.9. The number of alkyl halides is 6. The summed E-state index contributed by atoms with van der Waals surface area (Å²) in [5.41, 5.74) is 0.517. The molecular formula is C42H38F6N6O7S2. The summed E-state index contributed by atoms with van der Waals surface area (Å²) in [6.07, 6.45) is -2.37. The van der Waals surface area contributed by atoms with Crippen molar-refractivity contribution in [3.05, 3.63) is 131 Å². The normalized spacial score (nSPS) is 17.5. The van der Waals surface area contributed by atoms with Gasteiger partial charge < -0.3 is 10.6 Å². The fourth-order valence-electron chi connectivity index (χ4n) is 6.56. The Morgan fingerprint density at radius 3 is 1.52 bits per heavy atom. The number of hydrogen-bond acceptors (Lipinski definition) is 9. The predicted octanol–water partition coefficient (Wildman–Crippen LogP) is 6.47. The monoisotopic (exact) mass is 916 g/mol. The maximum absolute atomic E-state index is 13.0. The Labute approximate surface area is 358 Å². The van der Waals surface area contributed by atoms with E-state index in [1.807, 2.05) is 0 Å². The second-order valence-electron chi connectivity index (χ2n) is 15.0. The van der Waals surface area contributed by atoms with Crippen LogP contribution in [0.25, 0.3) is 11.1 Å². The maximum Gasteiger partial charge on any atom is 0.416 e. The number of nitrogens with one attached hydrogen (secondary N) is 2. The van der Waals surface area contributed by atoms with Gasteiger partial charge in [-0.2, -0.15) is 30.6 Å². The highest BCUT2D eigenvalue weighted by Gasteiger charge is 2.37. The molecule has 4 heterocycles. The van der Waals surface area contributed by atoms with Crippen molar-refractivity contribution in [1.29, 1.82) is 0 Å². The van der Waals surface area contributed by atoms with Crippen LogP contribution in [0.5, 0.6) is 0 Å². The van der Waals surface area contributed by atoms with E-state index in [9.17, 15) is 57.6 Å². The Morgan fingerprint density at radius 1 is 0.619 bits per heavy atom. The van der Waals surface area contributed by atoms with E-state index in [2.05, 4.69) is 20.6 Å². The molecule has 63 heavy (non-hydrogen) atoms. The summed E-state index contributed by atoms with van der Waals surface area (Å²) in [5, 5.41) is 5.69. The van der Waals surface area contributed by atoms with Gasteiger partial charge in [0.25, 0.3) is 27.7 Å². The van der Waals surface area contributed by atoms with Crippen LogP contribution in [0.1, 0.15) is 82.0 Å². The van der Waals surface area contributed by atoms with Crippen LogP contribution >= 0.6 is 0 Å². The number of sulfonamides is 2. The van der Waals surface area contributed by atoms with E-state index in [-0.39, 0.29) is 55.6 Å². The Morgan fingerprint density at radius 2 is 1.08 bits per heavy atom. The van der Waals surface area contributed by atoms with E-state index >= 15 is 0 Å². The molecule has 0 atom stereocenters. The zero-order chi connectivity index (χ0) is 45.3. The van der Waals surface area contributed by atoms with Gasteiger partial charge in [-0.1, -0.05) is 30.3 Å². The van der Waals surface area contributed by atoms with E-state index in [4.69, 9.17) is 0 Å². The second kappa shape index (κ2) is 17.7. The Kier molecular flexibility index (Phi) is 12.7. The second-order valence-corrected chi connectivity index (χ2v) is 18.8. The molecule has 2 fully saturated rings. The third kappa shape index (κ3) is 10.8. The molecule has 2 aliphatic carbocycles. The molecule has 4 aliphatic rings. The summed E-state index contributed by atoms with van der Waals surface area (Å²) in [6, 6.07) is 17.2. The van der Waals surface area contributed by atoms with Crippen molar-refractivity contribution in [3.63, 3.8) is 0 Å². The van der Waals surface area contributed by atoms with E-state index in [0.29, 0.717) is 45.5 Å². The number of carbonyl (C=O) groups excluding carboxylic acids is 3. The molecule has 0 bridgehead atoms. The number of hydrogen-bond donors (Lipinski definition) is 2. The summed E-state index contributed by atoms with van der Waals surface area (Å²) in [7, 11) is -8.55. The van der Waals surface area contributed by atoms with Crippen molar-refractivity contribution < 1.29 is 57.6 Å². The van der Waals surface area contributed by atoms with Crippen molar-refractivity contribution in [3.8, 4) is 0 Å². The van der Waals surface area contributed by atoms with Crippen LogP contribution in [0.15, 0.2) is 107 Å². The molecule has 0 unspecified atom stereocenters. The van der Waals surface area contributed by atoms with Crippen molar-refractivity contribution in [2.45, 2.75) is 72.8 Å². The third-order valence-electron chi connectivity index (χ3n) is 10.3. The van der Waals surface area contributed by atoms with Crippen LogP contribution < -0.4 is 10.6 Å². The minimum atomic E-state index is -4.72. The first-order chi connectivity index (χ1) is 29.7. The summed E-state index contributed by atoms with van der Waals surface area (Å²) >= 11 is 0. The molecule has 4 aromatic rings. The van der Waals surface area contributed by atoms with Crippen LogP contribution in [0.4, 0.5) is 26.3 Å². The highest BCUT2D eigenvalue weighted by atomic mass is 32.2. The highest BCUT2D eigenvalue weighted by Crippen LogP contribution is 2.34. The first-order valence-corrected chi connectivity index (χ1v) is 22.5. The number of carbonyl (C=O) groups is 3. The first kappa shape index (κ1) is 45.1. The molecule has 3 amide bonds. The van der Waals surface area contributed by atoms with E-state index in [0.717, 1.165) is 78.0 Å². The number of aromatic nitrogens is 2. The van der Waals surface area contributed by atoms with Crippen LogP contribution in [-0.4, -0.2) is 84.9 Å². The number of halogens is 6. The minimum absolute atomic E-state index is 0.00803. The molecule has 2 N–H and O–H groups in total. The summed E-state index contributed by atoms with van der Waals surface area (Å²) < 4.78 is 131. The lowest BCUT2D eigenvalue weighted by Gasteiger charge is -2.26. The van der Waals surface area contributed by atoms with E-state index in [1.165, 1.54) is 6.07 Å². The maximum atomic E-state index is 13.0. The summed E-state index contributed by atoms with van der Waals surface area (Å²) in [4.78, 5) is 44.7. The lowest BCUT2D eigenvalue weighted by atomic mass is 10.0. The zero-order valence-electron chi connectivity index (χ0n) is 33.0. The SMILES string of the molecule is O=C(NC1CC1)c1cccc(C2=CC(=O)N(S(=O)(=O)c3cccc(C(F)(F)F)c3)CC2)n1.O=C(NC1CC1)c1cccc(C2=CCN(S(=O)(=O)c3cccc(C(F)(F)F)c3)CC2)n1. The van der Waals surface area contributed by atoms with Gasteiger partial charge >= 0.3 is 12.4 Å². The zero-order valence-corrected chi connectivity index (χ0v) is 34.6. The molecule has 332 valence electrons. The van der Waals surface area contributed by atoms with Gasteiger partial charge in [-0.15, -0.1) is 0 Å². The van der Waals surface area contributed by atoms with Gasteiger partial charge in [-0.3, -0.25) is 14.4 Å². The average Bonchev–Trinajstić information content (AvgIpc) is 4.22. The molecule has 2 aliphatic heterocycles. The van der Waals surface area contributed by atoms with Crippen molar-refractivity contribution in [2.75, 3.05) is 19.6 Å². The average molecular weight is 917 g/mol. The topological polar surface area (TPSA) is 176 Å². The van der Waals surface area contributed by atoms with Gasteiger partial charge in [0.1, 0.15) is 11.4 Å². The first-order valence-electron chi connectivity index (χ1n) is 19.6. The molecule has 0 radical (unpaired) electrons. The molecule has 8 rings (SSSR count). The lowest BCUT2D eigenvalue weighted by molar-refractivity contribution is -0.138. The lowest BCUT2D eigenvalue weighted by Crippen LogP contribution is -2.39. The molecule has 2 aromatic heterocycles. The van der Waals surface area contributed by atoms with Gasteiger partial charge in [0.05, 0.1) is 32.3 Å². The number of nitrogens with zero attached hydrogens (tertiary/aromatic N) is 4. The summed E-state index contributed by atoms with van der Waals surface area (Å²) in [6.45, 7) is -0.151. The highest BCUT2D eigenvalue weighted by molar-refractivity contribution is 7.89. The number of rotatable bonds is 10. The van der Waals surface area contributed by atoms with Crippen LogP contribution in [-0.2, 0) is 37.2 Å². The Bertz CT molecular complexity index is 2730. The van der Waals surface area contributed by atoms with Gasteiger partial charge in [0, 0.05) is 37.8 Å². The van der Waals surface area contributed by atoms with E-state index in [1.54, 1.807) is 36.4 Å². The molecule has 2 aromatic carbocycles. The van der Waals surface area contributed by atoms with Gasteiger partial charge in [-0.05, 0) is 110 Å². The van der Waals surface area contributed by atoms with Crippen molar-refractivity contribution >= 4 is 48.9 Å². The Balaban J connectivity index is 0.000000189. The van der Waals surface area contributed by atoms with Gasteiger partial charge in [0.15, 0.2) is 0 Å². The molecule has 2 saturated carbocycles. The molecule has 0 saturated heterocycles. The van der Waals surface area contributed by atoms with Crippen molar-refractivity contribution in [1.82, 2.24) is 29.2 Å². The minimum Gasteiger partial charge on any atom is -0.348 e. The number of benzene rings is 2. The van der Waals surface area contributed by atoms with Crippen LogP contribution in [0, 0.1) is 0 Å². The quantitative estimate of drug-likeness (QED) is 0.169. The van der Waals surface area contributed by atoms with Gasteiger partial charge in [0.2, 0.25) is 10.0 Å². The largest absolute Gasteiger partial charge is 0.416 e. The standard InChI is InChI=1S/C21H18F3N3O4S.C21H20F3N3O3S/c22-21(23,24)14-3-1-4-16(12-14)32(30,31)27-10-9-13(11-19(27)28)17-5-2-6-18(26-17)20(29)25-15-7-8-15;22-21(23,24)15-3-1-4-17(13-15)31(29,30)27-11-9-14(10-12-27)18-5-2-6-19(26-18)20(28)25-16-7-8-16/h1-6,11-12,15H,7-10H2,(H,25,29);1-6,9,13,16H,7-8,10-12H2,(H,25,28). The Hall–Kier alpha value is -5.93. The molecule has 0 spiro atoms. The molecular weight excluding hydrogens is 879 g/mol. The van der Waals surface area contributed by atoms with E-state index < -0.39 is 59.2 Å². The predicted molar refractivity (Wildman–Crippen MR) is 215 cm³/mol.